The van der Waals surface area contributed by atoms with Gasteiger partial charge in [-0.2, -0.15) is 13.2 Å². The standard InChI is InChI=1S/C19H16BrF3N4O4S/c20-14-3-2-12(27(29)30)10-13(14)17(28)25-18(32)24-15-9-11(19(21,22)23)1-4-16(15)26-5-7-31-8-6-26/h1-4,9-10H,5-8H2,(H2,24,25,28,32). The van der Waals surface area contributed by atoms with Crippen molar-refractivity contribution in [2.24, 2.45) is 0 Å². The summed E-state index contributed by atoms with van der Waals surface area (Å²) in [6, 6.07) is 6.83. The van der Waals surface area contributed by atoms with Crippen LogP contribution < -0.4 is 15.5 Å². The number of hydrogen-bond donors (Lipinski definition) is 2. The highest BCUT2D eigenvalue weighted by atomic mass is 79.9. The van der Waals surface area contributed by atoms with Crippen LogP contribution in [0.5, 0.6) is 0 Å². The molecule has 1 aliphatic heterocycles. The quantitative estimate of drug-likeness (QED) is 0.343. The number of rotatable bonds is 4. The Balaban J connectivity index is 1.83. The molecule has 1 heterocycles. The highest BCUT2D eigenvalue weighted by molar-refractivity contribution is 9.10. The Bertz CT molecular complexity index is 1060. The minimum atomic E-state index is -4.57. The Morgan fingerprint density at radius 3 is 2.50 bits per heavy atom. The molecule has 2 N–H and O–H groups in total. The molecule has 0 bridgehead atoms. The van der Waals surface area contributed by atoms with E-state index in [4.69, 9.17) is 17.0 Å². The summed E-state index contributed by atoms with van der Waals surface area (Å²) in [5, 5.41) is 15.7. The van der Waals surface area contributed by atoms with E-state index in [9.17, 15) is 28.1 Å². The van der Waals surface area contributed by atoms with Crippen LogP contribution in [0.2, 0.25) is 0 Å². The van der Waals surface area contributed by atoms with Crippen LogP contribution in [0.25, 0.3) is 0 Å². The van der Waals surface area contributed by atoms with Crippen molar-refractivity contribution in [1.29, 1.82) is 0 Å². The second-order valence-corrected chi connectivity index (χ2v) is 7.92. The lowest BCUT2D eigenvalue weighted by Crippen LogP contribution is -2.38. The van der Waals surface area contributed by atoms with Gasteiger partial charge in [0, 0.05) is 29.7 Å². The molecule has 1 fully saturated rings. The third kappa shape index (κ3) is 5.72. The Hall–Kier alpha value is -2.77. The van der Waals surface area contributed by atoms with E-state index >= 15 is 0 Å². The van der Waals surface area contributed by atoms with Crippen molar-refractivity contribution in [1.82, 2.24) is 5.32 Å². The number of alkyl halides is 3. The maximum atomic E-state index is 13.2. The van der Waals surface area contributed by atoms with Crippen LogP contribution in [0.1, 0.15) is 15.9 Å². The van der Waals surface area contributed by atoms with Crippen molar-refractivity contribution in [3.63, 3.8) is 0 Å². The predicted octanol–water partition coefficient (Wildman–Crippen LogP) is 4.34. The first-order valence-electron chi connectivity index (χ1n) is 9.16. The van der Waals surface area contributed by atoms with Crippen LogP contribution in [0.15, 0.2) is 40.9 Å². The number of anilines is 2. The summed E-state index contributed by atoms with van der Waals surface area (Å²) in [7, 11) is 0. The van der Waals surface area contributed by atoms with E-state index < -0.39 is 22.6 Å². The number of nitro benzene ring substituents is 1. The van der Waals surface area contributed by atoms with E-state index in [2.05, 4.69) is 26.6 Å². The summed E-state index contributed by atoms with van der Waals surface area (Å²) in [6.07, 6.45) is -4.57. The molecule has 2 aromatic carbocycles. The van der Waals surface area contributed by atoms with E-state index in [1.807, 2.05) is 4.90 Å². The predicted molar refractivity (Wildman–Crippen MR) is 119 cm³/mol. The molecule has 1 aliphatic rings. The van der Waals surface area contributed by atoms with Crippen molar-refractivity contribution >= 4 is 56.2 Å². The molecule has 170 valence electrons. The van der Waals surface area contributed by atoms with E-state index in [0.717, 1.165) is 18.2 Å². The van der Waals surface area contributed by atoms with Crippen LogP contribution in [0.3, 0.4) is 0 Å². The van der Waals surface area contributed by atoms with Crippen LogP contribution >= 0.6 is 28.1 Å². The summed E-state index contributed by atoms with van der Waals surface area (Å²) >= 11 is 8.26. The van der Waals surface area contributed by atoms with Gasteiger partial charge in [-0.3, -0.25) is 20.2 Å². The summed E-state index contributed by atoms with van der Waals surface area (Å²) in [4.78, 5) is 24.7. The number of hydrogen-bond acceptors (Lipinski definition) is 6. The number of thiocarbonyl (C=S) groups is 1. The number of benzene rings is 2. The van der Waals surface area contributed by atoms with E-state index in [1.165, 1.54) is 18.2 Å². The van der Waals surface area contributed by atoms with Gasteiger partial charge in [-0.15, -0.1) is 0 Å². The molecule has 0 atom stereocenters. The summed E-state index contributed by atoms with van der Waals surface area (Å²) in [5.74, 6) is -0.766. The Morgan fingerprint density at radius 2 is 1.88 bits per heavy atom. The molecule has 8 nitrogen and oxygen atoms in total. The SMILES string of the molecule is O=C(NC(=S)Nc1cc(C(F)(F)F)ccc1N1CCOCC1)c1cc([N+](=O)[O-])ccc1Br. The molecule has 1 amide bonds. The molecule has 0 unspecified atom stereocenters. The fraction of sp³-hybridized carbons (Fsp3) is 0.263. The number of nitro groups is 1. The monoisotopic (exact) mass is 532 g/mol. The van der Waals surface area contributed by atoms with Gasteiger partial charge in [0.25, 0.3) is 11.6 Å². The van der Waals surface area contributed by atoms with Gasteiger partial charge >= 0.3 is 6.18 Å². The molecule has 0 spiro atoms. The molecule has 3 rings (SSSR count). The maximum absolute atomic E-state index is 13.2. The Morgan fingerprint density at radius 1 is 1.19 bits per heavy atom. The largest absolute Gasteiger partial charge is 0.416 e. The van der Waals surface area contributed by atoms with Crippen LogP contribution in [-0.4, -0.2) is 42.2 Å². The van der Waals surface area contributed by atoms with Crippen molar-refractivity contribution in [3.05, 3.63) is 62.1 Å². The van der Waals surface area contributed by atoms with Gasteiger partial charge in [-0.1, -0.05) is 0 Å². The number of nitrogens with one attached hydrogen (secondary N) is 2. The first-order valence-corrected chi connectivity index (χ1v) is 10.4. The lowest BCUT2D eigenvalue weighted by molar-refractivity contribution is -0.384. The topological polar surface area (TPSA) is 96.7 Å². The maximum Gasteiger partial charge on any atom is 0.416 e. The average Bonchev–Trinajstić information content (AvgIpc) is 2.73. The first kappa shape index (κ1) is 23.9. The number of nitrogens with zero attached hydrogens (tertiary/aromatic N) is 2. The van der Waals surface area contributed by atoms with E-state index in [-0.39, 0.29) is 26.5 Å². The van der Waals surface area contributed by atoms with Crippen LogP contribution in [-0.2, 0) is 10.9 Å². The number of ether oxygens (including phenoxy) is 1. The van der Waals surface area contributed by atoms with Gasteiger partial charge in [-0.25, -0.2) is 0 Å². The lowest BCUT2D eigenvalue weighted by atomic mass is 10.1. The zero-order valence-electron chi connectivity index (χ0n) is 16.2. The molecule has 13 heteroatoms. The molecule has 0 aromatic heterocycles. The molecule has 0 aliphatic carbocycles. The first-order chi connectivity index (χ1) is 15.1. The summed E-state index contributed by atoms with van der Waals surface area (Å²) in [6.45, 7) is 1.78. The summed E-state index contributed by atoms with van der Waals surface area (Å²) in [5.41, 5.74) is -0.711. The minimum absolute atomic E-state index is 0.0548. The van der Waals surface area contributed by atoms with Crippen molar-refractivity contribution in [2.75, 3.05) is 36.5 Å². The number of non-ortho nitro benzene ring substituents is 1. The van der Waals surface area contributed by atoms with Gasteiger partial charge in [0.2, 0.25) is 0 Å². The molecular weight excluding hydrogens is 517 g/mol. The fourth-order valence-corrected chi connectivity index (χ4v) is 3.65. The molecular formula is C19H16BrF3N4O4S. The normalized spacial score (nSPS) is 14.1. The number of morpholine rings is 1. The number of amides is 1. The number of carbonyl (C=O) groups is 1. The number of halogens is 4. The van der Waals surface area contributed by atoms with Gasteiger partial charge in [0.1, 0.15) is 0 Å². The molecule has 32 heavy (non-hydrogen) atoms. The number of carbonyl (C=O) groups excluding carboxylic acids is 1. The fourth-order valence-electron chi connectivity index (χ4n) is 3.02. The zero-order valence-corrected chi connectivity index (χ0v) is 18.6. The van der Waals surface area contributed by atoms with Gasteiger partial charge in [0.15, 0.2) is 5.11 Å². The van der Waals surface area contributed by atoms with Crippen LogP contribution in [0.4, 0.5) is 30.2 Å². The third-order valence-corrected chi connectivity index (χ3v) is 5.45. The third-order valence-electron chi connectivity index (χ3n) is 4.56. The second-order valence-electron chi connectivity index (χ2n) is 6.66. The van der Waals surface area contributed by atoms with Crippen molar-refractivity contribution < 1.29 is 27.6 Å². The molecule has 2 aromatic rings. The smallest absolute Gasteiger partial charge is 0.378 e. The molecule has 0 saturated carbocycles. The van der Waals surface area contributed by atoms with E-state index in [1.54, 1.807) is 0 Å². The van der Waals surface area contributed by atoms with Gasteiger partial charge in [-0.05, 0) is 52.4 Å². The van der Waals surface area contributed by atoms with Crippen molar-refractivity contribution in [2.45, 2.75) is 6.18 Å². The second kappa shape index (κ2) is 9.79. The van der Waals surface area contributed by atoms with Crippen molar-refractivity contribution in [3.8, 4) is 0 Å². The summed E-state index contributed by atoms with van der Waals surface area (Å²) < 4.78 is 45.3. The highest BCUT2D eigenvalue weighted by Gasteiger charge is 2.32. The zero-order chi connectivity index (χ0) is 23.5. The highest BCUT2D eigenvalue weighted by Crippen LogP contribution is 2.35. The Kier molecular flexibility index (Phi) is 7.31. The van der Waals surface area contributed by atoms with E-state index in [0.29, 0.717) is 32.0 Å². The van der Waals surface area contributed by atoms with Crippen LogP contribution in [0, 0.1) is 10.1 Å². The minimum Gasteiger partial charge on any atom is -0.378 e. The lowest BCUT2D eigenvalue weighted by Gasteiger charge is -2.31. The van der Waals surface area contributed by atoms with Gasteiger partial charge in [0.05, 0.1) is 40.6 Å². The average molecular weight is 533 g/mol. The molecule has 0 radical (unpaired) electrons. The Labute approximate surface area is 194 Å². The molecule has 1 saturated heterocycles. The van der Waals surface area contributed by atoms with Gasteiger partial charge < -0.3 is 15.0 Å².